The SMILES string of the molecule is CCOC(=O)C(C)(C)NCCc1cccc(C)c1. The molecule has 0 fully saturated rings. The fourth-order valence-corrected chi connectivity index (χ4v) is 1.77. The molecular formula is C15H23NO2. The third-order valence-electron chi connectivity index (χ3n) is 2.85. The Bertz CT molecular complexity index is 399. The van der Waals surface area contributed by atoms with Crippen molar-refractivity contribution in [3.8, 4) is 0 Å². The molecule has 0 aromatic heterocycles. The van der Waals surface area contributed by atoms with Crippen LogP contribution >= 0.6 is 0 Å². The van der Waals surface area contributed by atoms with Gasteiger partial charge in [-0.2, -0.15) is 0 Å². The molecule has 0 radical (unpaired) electrons. The van der Waals surface area contributed by atoms with E-state index in [9.17, 15) is 4.79 Å². The number of benzene rings is 1. The van der Waals surface area contributed by atoms with E-state index in [-0.39, 0.29) is 5.97 Å². The molecule has 1 rings (SSSR count). The van der Waals surface area contributed by atoms with Gasteiger partial charge in [0.05, 0.1) is 6.61 Å². The summed E-state index contributed by atoms with van der Waals surface area (Å²) in [5, 5.41) is 3.24. The lowest BCUT2D eigenvalue weighted by Crippen LogP contribution is -2.48. The highest BCUT2D eigenvalue weighted by atomic mass is 16.5. The summed E-state index contributed by atoms with van der Waals surface area (Å²) < 4.78 is 5.03. The second kappa shape index (κ2) is 6.55. The van der Waals surface area contributed by atoms with Crippen LogP contribution in [0.2, 0.25) is 0 Å². The lowest BCUT2D eigenvalue weighted by atomic mass is 10.0. The Morgan fingerprint density at radius 3 is 2.72 bits per heavy atom. The zero-order valence-corrected chi connectivity index (χ0v) is 11.7. The second-order valence-corrected chi connectivity index (χ2v) is 5.01. The number of esters is 1. The van der Waals surface area contributed by atoms with Crippen molar-refractivity contribution in [3.63, 3.8) is 0 Å². The molecule has 100 valence electrons. The van der Waals surface area contributed by atoms with Crippen molar-refractivity contribution in [3.05, 3.63) is 35.4 Å². The maximum Gasteiger partial charge on any atom is 0.325 e. The van der Waals surface area contributed by atoms with E-state index >= 15 is 0 Å². The monoisotopic (exact) mass is 249 g/mol. The molecule has 18 heavy (non-hydrogen) atoms. The van der Waals surface area contributed by atoms with Gasteiger partial charge >= 0.3 is 5.97 Å². The van der Waals surface area contributed by atoms with E-state index in [1.165, 1.54) is 11.1 Å². The molecule has 0 atom stereocenters. The highest BCUT2D eigenvalue weighted by Gasteiger charge is 2.27. The lowest BCUT2D eigenvalue weighted by molar-refractivity contribution is -0.149. The summed E-state index contributed by atoms with van der Waals surface area (Å²) in [6, 6.07) is 8.41. The van der Waals surface area contributed by atoms with E-state index in [2.05, 4.69) is 36.5 Å². The maximum atomic E-state index is 11.7. The van der Waals surface area contributed by atoms with Gasteiger partial charge in [0, 0.05) is 6.54 Å². The first-order valence-corrected chi connectivity index (χ1v) is 6.43. The topological polar surface area (TPSA) is 38.3 Å². The van der Waals surface area contributed by atoms with Gasteiger partial charge in [0.1, 0.15) is 5.54 Å². The molecule has 0 bridgehead atoms. The van der Waals surface area contributed by atoms with E-state index in [1.807, 2.05) is 20.8 Å². The minimum absolute atomic E-state index is 0.200. The first kappa shape index (κ1) is 14.7. The van der Waals surface area contributed by atoms with Gasteiger partial charge in [-0.3, -0.25) is 4.79 Å². The van der Waals surface area contributed by atoms with Crippen LogP contribution in [-0.4, -0.2) is 24.7 Å². The van der Waals surface area contributed by atoms with Gasteiger partial charge < -0.3 is 10.1 Å². The van der Waals surface area contributed by atoms with Crippen LogP contribution in [0, 0.1) is 6.92 Å². The summed E-state index contributed by atoms with van der Waals surface area (Å²) in [5.74, 6) is -0.200. The molecule has 0 saturated heterocycles. The van der Waals surface area contributed by atoms with Crippen LogP contribution in [0.15, 0.2) is 24.3 Å². The number of carbonyl (C=O) groups is 1. The summed E-state index contributed by atoms with van der Waals surface area (Å²) in [6.07, 6.45) is 0.907. The number of rotatable bonds is 6. The van der Waals surface area contributed by atoms with E-state index in [0.29, 0.717) is 6.61 Å². The van der Waals surface area contributed by atoms with Crippen LogP contribution in [0.25, 0.3) is 0 Å². The third-order valence-corrected chi connectivity index (χ3v) is 2.85. The fraction of sp³-hybridized carbons (Fsp3) is 0.533. The van der Waals surface area contributed by atoms with Gasteiger partial charge in [0.2, 0.25) is 0 Å². The van der Waals surface area contributed by atoms with Crippen molar-refractivity contribution < 1.29 is 9.53 Å². The summed E-state index contributed by atoms with van der Waals surface area (Å²) in [5.41, 5.74) is 1.92. The van der Waals surface area contributed by atoms with Crippen LogP contribution in [0.3, 0.4) is 0 Å². The highest BCUT2D eigenvalue weighted by molar-refractivity contribution is 5.79. The molecule has 0 aliphatic carbocycles. The van der Waals surface area contributed by atoms with Gasteiger partial charge in [0.15, 0.2) is 0 Å². The summed E-state index contributed by atoms with van der Waals surface area (Å²) in [7, 11) is 0. The first-order chi connectivity index (χ1) is 8.45. The molecule has 0 spiro atoms. The fourth-order valence-electron chi connectivity index (χ4n) is 1.77. The molecule has 1 aromatic carbocycles. The van der Waals surface area contributed by atoms with Gasteiger partial charge in [-0.15, -0.1) is 0 Å². The molecule has 0 aliphatic heterocycles. The van der Waals surface area contributed by atoms with Gasteiger partial charge in [-0.25, -0.2) is 0 Å². The Morgan fingerprint density at radius 2 is 2.11 bits per heavy atom. The normalized spacial score (nSPS) is 11.3. The van der Waals surface area contributed by atoms with Crippen LogP contribution in [0.4, 0.5) is 0 Å². The van der Waals surface area contributed by atoms with Gasteiger partial charge in [0.25, 0.3) is 0 Å². The average molecular weight is 249 g/mol. The average Bonchev–Trinajstić information content (AvgIpc) is 2.29. The minimum atomic E-state index is -0.625. The highest BCUT2D eigenvalue weighted by Crippen LogP contribution is 2.07. The number of carbonyl (C=O) groups excluding carboxylic acids is 1. The van der Waals surface area contributed by atoms with Crippen LogP contribution in [0.1, 0.15) is 31.9 Å². The number of nitrogens with one attached hydrogen (secondary N) is 1. The molecule has 3 nitrogen and oxygen atoms in total. The van der Waals surface area contributed by atoms with E-state index in [4.69, 9.17) is 4.74 Å². The van der Waals surface area contributed by atoms with Crippen LogP contribution in [-0.2, 0) is 16.0 Å². The van der Waals surface area contributed by atoms with Gasteiger partial charge in [-0.05, 0) is 39.7 Å². The summed E-state index contributed by atoms with van der Waals surface area (Å²) >= 11 is 0. The van der Waals surface area contributed by atoms with E-state index in [1.54, 1.807) is 0 Å². The van der Waals surface area contributed by atoms with Crippen LogP contribution < -0.4 is 5.32 Å². The molecule has 1 N–H and O–H groups in total. The quantitative estimate of drug-likeness (QED) is 0.787. The maximum absolute atomic E-state index is 11.7. The smallest absolute Gasteiger partial charge is 0.325 e. The first-order valence-electron chi connectivity index (χ1n) is 6.43. The van der Waals surface area contributed by atoms with E-state index < -0.39 is 5.54 Å². The molecule has 0 unspecified atom stereocenters. The van der Waals surface area contributed by atoms with Gasteiger partial charge in [-0.1, -0.05) is 29.8 Å². The lowest BCUT2D eigenvalue weighted by Gasteiger charge is -2.23. The number of hydrogen-bond donors (Lipinski definition) is 1. The number of aryl methyl sites for hydroxylation is 1. The Labute approximate surface area is 110 Å². The zero-order valence-electron chi connectivity index (χ0n) is 11.7. The zero-order chi connectivity index (χ0) is 13.6. The van der Waals surface area contributed by atoms with Crippen molar-refractivity contribution in [2.45, 2.75) is 39.7 Å². The van der Waals surface area contributed by atoms with Crippen molar-refractivity contribution >= 4 is 5.97 Å². The Hall–Kier alpha value is -1.35. The Kier molecular flexibility index (Phi) is 5.35. The molecule has 0 aliphatic rings. The molecular weight excluding hydrogens is 226 g/mol. The molecule has 0 amide bonds. The van der Waals surface area contributed by atoms with Crippen molar-refractivity contribution in [2.24, 2.45) is 0 Å². The molecule has 0 saturated carbocycles. The summed E-state index contributed by atoms with van der Waals surface area (Å²) in [6.45, 7) is 8.78. The van der Waals surface area contributed by atoms with Crippen molar-refractivity contribution in [1.29, 1.82) is 0 Å². The van der Waals surface area contributed by atoms with Crippen molar-refractivity contribution in [2.75, 3.05) is 13.2 Å². The Morgan fingerprint density at radius 1 is 1.39 bits per heavy atom. The minimum Gasteiger partial charge on any atom is -0.465 e. The number of ether oxygens (including phenoxy) is 1. The largest absolute Gasteiger partial charge is 0.465 e. The predicted molar refractivity (Wildman–Crippen MR) is 73.6 cm³/mol. The third kappa shape index (κ3) is 4.49. The Balaban J connectivity index is 2.43. The van der Waals surface area contributed by atoms with Crippen LogP contribution in [0.5, 0.6) is 0 Å². The molecule has 3 heteroatoms. The molecule has 1 aromatic rings. The summed E-state index contributed by atoms with van der Waals surface area (Å²) in [4.78, 5) is 11.7. The van der Waals surface area contributed by atoms with Crippen molar-refractivity contribution in [1.82, 2.24) is 5.32 Å². The number of hydrogen-bond acceptors (Lipinski definition) is 3. The standard InChI is InChI=1S/C15H23NO2/c1-5-18-14(17)15(3,4)16-10-9-13-8-6-7-12(2)11-13/h6-8,11,16H,5,9-10H2,1-4H3. The van der Waals surface area contributed by atoms with E-state index in [0.717, 1.165) is 13.0 Å². The second-order valence-electron chi connectivity index (χ2n) is 5.01. The predicted octanol–water partition coefficient (Wildman–Crippen LogP) is 2.47. The molecule has 0 heterocycles.